The number of nitrogens with one attached hydrogen (secondary N) is 1. The lowest BCUT2D eigenvalue weighted by Gasteiger charge is -2.30. The molecule has 0 aliphatic rings. The van der Waals surface area contributed by atoms with E-state index in [9.17, 15) is 9.59 Å². The zero-order chi connectivity index (χ0) is 21.3. The van der Waals surface area contributed by atoms with Gasteiger partial charge < -0.3 is 19.5 Å². The summed E-state index contributed by atoms with van der Waals surface area (Å²) in [5.74, 6) is 0.0179. The van der Waals surface area contributed by atoms with Gasteiger partial charge in [-0.05, 0) is 64.7 Å². The Morgan fingerprint density at radius 1 is 1.11 bits per heavy atom. The third-order valence-corrected chi connectivity index (χ3v) is 4.38. The van der Waals surface area contributed by atoms with Gasteiger partial charge >= 0.3 is 5.97 Å². The molecule has 158 valence electrons. The summed E-state index contributed by atoms with van der Waals surface area (Å²) in [5, 5.41) is 2.88. The van der Waals surface area contributed by atoms with Gasteiger partial charge in [0.1, 0.15) is 16.9 Å². The Morgan fingerprint density at radius 3 is 2.32 bits per heavy atom. The minimum atomic E-state index is -0.946. The second-order valence-electron chi connectivity index (χ2n) is 7.48. The molecule has 2 atom stereocenters. The van der Waals surface area contributed by atoms with Crippen LogP contribution in [0.2, 0.25) is 0 Å². The second kappa shape index (κ2) is 11.1. The fourth-order valence-electron chi connectivity index (χ4n) is 2.96. The number of anilines is 1. The number of amides is 1. The van der Waals surface area contributed by atoms with E-state index in [0.29, 0.717) is 35.9 Å². The van der Waals surface area contributed by atoms with Crippen LogP contribution in [0.4, 0.5) is 5.69 Å². The zero-order valence-electron chi connectivity index (χ0n) is 18.3. The number of carbonyl (C=O) groups excluding carboxylic acids is 2. The van der Waals surface area contributed by atoms with E-state index in [0.717, 1.165) is 6.42 Å². The molecule has 0 fully saturated rings. The predicted octanol–water partition coefficient (Wildman–Crippen LogP) is 4.82. The maximum Gasteiger partial charge on any atom is 0.341 e. The van der Waals surface area contributed by atoms with Crippen molar-refractivity contribution in [1.82, 2.24) is 0 Å². The van der Waals surface area contributed by atoms with E-state index < -0.39 is 11.6 Å². The van der Waals surface area contributed by atoms with E-state index >= 15 is 0 Å². The van der Waals surface area contributed by atoms with Crippen molar-refractivity contribution in [3.8, 4) is 5.75 Å². The molecule has 0 spiro atoms. The smallest absolute Gasteiger partial charge is 0.341 e. The maximum atomic E-state index is 12.9. The minimum Gasteiger partial charge on any atom is -0.490 e. The monoisotopic (exact) mass is 393 g/mol. The molecule has 2 unspecified atom stereocenters. The highest BCUT2D eigenvalue weighted by Crippen LogP contribution is 2.28. The van der Waals surface area contributed by atoms with Crippen LogP contribution in [-0.4, -0.2) is 36.8 Å². The van der Waals surface area contributed by atoms with Gasteiger partial charge in [-0.1, -0.05) is 20.8 Å². The molecule has 1 rings (SSSR count). The zero-order valence-corrected chi connectivity index (χ0v) is 18.3. The molecule has 0 saturated heterocycles. The summed E-state index contributed by atoms with van der Waals surface area (Å²) in [6.07, 6.45) is 1.36. The molecule has 1 N–H and O–H groups in total. The molecule has 1 aromatic carbocycles. The Balaban J connectivity index is 3.14. The molecule has 6 nitrogen and oxygen atoms in total. The summed E-state index contributed by atoms with van der Waals surface area (Å²) in [6.45, 7) is 14.1. The number of ether oxygens (including phenoxy) is 3. The quantitative estimate of drug-likeness (QED) is 0.546. The van der Waals surface area contributed by atoms with Gasteiger partial charge in [-0.3, -0.25) is 4.79 Å². The first-order valence-corrected chi connectivity index (χ1v) is 10.1. The SMILES string of the molecule is CCOC(=O)c1cc(NC(=O)C(C)(CC(C)C)OCC)ccc1OC(C)CC. The molecule has 0 radical (unpaired) electrons. The van der Waals surface area contributed by atoms with Crippen molar-refractivity contribution in [3.63, 3.8) is 0 Å². The summed E-state index contributed by atoms with van der Waals surface area (Å²) in [6, 6.07) is 5.00. The summed E-state index contributed by atoms with van der Waals surface area (Å²) < 4.78 is 16.7. The van der Waals surface area contributed by atoms with Gasteiger partial charge in [0.05, 0.1) is 12.7 Å². The van der Waals surface area contributed by atoms with Crippen molar-refractivity contribution in [1.29, 1.82) is 0 Å². The maximum absolute atomic E-state index is 12.9. The highest BCUT2D eigenvalue weighted by molar-refractivity contribution is 5.99. The highest BCUT2D eigenvalue weighted by Gasteiger charge is 2.35. The first kappa shape index (κ1) is 24.0. The van der Waals surface area contributed by atoms with Crippen molar-refractivity contribution in [2.75, 3.05) is 18.5 Å². The van der Waals surface area contributed by atoms with Crippen molar-refractivity contribution in [2.24, 2.45) is 5.92 Å². The van der Waals surface area contributed by atoms with E-state index in [4.69, 9.17) is 14.2 Å². The molecule has 1 aromatic rings. The fourth-order valence-corrected chi connectivity index (χ4v) is 2.96. The number of hydrogen-bond acceptors (Lipinski definition) is 5. The molecule has 0 heterocycles. The molecule has 0 saturated carbocycles. The van der Waals surface area contributed by atoms with Gasteiger partial charge in [0, 0.05) is 12.3 Å². The molecule has 6 heteroatoms. The summed E-state index contributed by atoms with van der Waals surface area (Å²) in [4.78, 5) is 25.3. The van der Waals surface area contributed by atoms with Crippen molar-refractivity contribution in [2.45, 2.75) is 73.0 Å². The fraction of sp³-hybridized carbons (Fsp3) is 0.636. The molecule has 0 aliphatic carbocycles. The van der Waals surface area contributed by atoms with Crippen LogP contribution < -0.4 is 10.1 Å². The normalized spacial score (nSPS) is 14.3. The van der Waals surface area contributed by atoms with Crippen molar-refractivity contribution in [3.05, 3.63) is 23.8 Å². The second-order valence-corrected chi connectivity index (χ2v) is 7.48. The van der Waals surface area contributed by atoms with Gasteiger partial charge in [-0.25, -0.2) is 4.79 Å². The molecule has 1 amide bonds. The highest BCUT2D eigenvalue weighted by atomic mass is 16.5. The molecule has 0 aliphatic heterocycles. The van der Waals surface area contributed by atoms with Gasteiger partial charge in [-0.15, -0.1) is 0 Å². The lowest BCUT2D eigenvalue weighted by Crippen LogP contribution is -2.44. The lowest BCUT2D eigenvalue weighted by molar-refractivity contribution is -0.140. The molecular weight excluding hydrogens is 358 g/mol. The van der Waals surface area contributed by atoms with Gasteiger partial charge in [0.2, 0.25) is 0 Å². The Bertz CT molecular complexity index is 658. The van der Waals surface area contributed by atoms with Crippen LogP contribution in [0, 0.1) is 5.92 Å². The Morgan fingerprint density at radius 2 is 1.79 bits per heavy atom. The van der Waals surface area contributed by atoms with Crippen LogP contribution in [0.1, 0.15) is 71.7 Å². The van der Waals surface area contributed by atoms with E-state index in [1.807, 2.05) is 34.6 Å². The molecule has 28 heavy (non-hydrogen) atoms. The molecular formula is C22H35NO5. The van der Waals surface area contributed by atoms with Crippen LogP contribution in [0.3, 0.4) is 0 Å². The first-order chi connectivity index (χ1) is 13.2. The Labute approximate surface area is 168 Å². The van der Waals surface area contributed by atoms with Crippen LogP contribution >= 0.6 is 0 Å². The first-order valence-electron chi connectivity index (χ1n) is 10.1. The average molecular weight is 394 g/mol. The van der Waals surface area contributed by atoms with E-state index in [-0.39, 0.29) is 18.6 Å². The average Bonchev–Trinajstić information content (AvgIpc) is 2.62. The summed E-state index contributed by atoms with van der Waals surface area (Å²) in [7, 11) is 0. The van der Waals surface area contributed by atoms with Gasteiger partial charge in [-0.2, -0.15) is 0 Å². The summed E-state index contributed by atoms with van der Waals surface area (Å²) in [5.41, 5.74) is -0.153. The number of rotatable bonds is 11. The van der Waals surface area contributed by atoms with E-state index in [1.54, 1.807) is 32.0 Å². The third kappa shape index (κ3) is 6.82. The van der Waals surface area contributed by atoms with Crippen LogP contribution in [0.15, 0.2) is 18.2 Å². The van der Waals surface area contributed by atoms with Gasteiger partial charge in [0.15, 0.2) is 0 Å². The van der Waals surface area contributed by atoms with E-state index in [2.05, 4.69) is 5.32 Å². The van der Waals surface area contributed by atoms with Crippen molar-refractivity contribution < 1.29 is 23.8 Å². The minimum absolute atomic E-state index is 0.0408. The number of hydrogen-bond donors (Lipinski definition) is 1. The molecule has 0 bridgehead atoms. The lowest BCUT2D eigenvalue weighted by atomic mass is 9.93. The van der Waals surface area contributed by atoms with Crippen LogP contribution in [0.5, 0.6) is 5.75 Å². The van der Waals surface area contributed by atoms with Gasteiger partial charge in [0.25, 0.3) is 5.91 Å². The number of esters is 1. The standard InChI is InChI=1S/C22H35NO5/c1-8-16(6)28-19-12-11-17(13-18(19)20(24)26-9-2)23-21(25)22(7,27-10-3)14-15(4)5/h11-13,15-16H,8-10,14H2,1-7H3,(H,23,25). The number of carbonyl (C=O) groups is 2. The predicted molar refractivity (Wildman–Crippen MR) is 111 cm³/mol. The largest absolute Gasteiger partial charge is 0.490 e. The van der Waals surface area contributed by atoms with Crippen LogP contribution in [-0.2, 0) is 14.3 Å². The number of benzene rings is 1. The topological polar surface area (TPSA) is 73.9 Å². The van der Waals surface area contributed by atoms with Crippen LogP contribution in [0.25, 0.3) is 0 Å². The Hall–Kier alpha value is -2.08. The third-order valence-electron chi connectivity index (χ3n) is 4.38. The summed E-state index contributed by atoms with van der Waals surface area (Å²) >= 11 is 0. The molecule has 0 aromatic heterocycles. The Kier molecular flexibility index (Phi) is 9.46. The van der Waals surface area contributed by atoms with Crippen molar-refractivity contribution >= 4 is 17.6 Å². The van der Waals surface area contributed by atoms with E-state index in [1.165, 1.54) is 0 Å².